The van der Waals surface area contributed by atoms with Gasteiger partial charge in [-0.1, -0.05) is 68.4 Å². The van der Waals surface area contributed by atoms with Crippen LogP contribution < -0.4 is 4.74 Å². The first-order chi connectivity index (χ1) is 14.6. The second kappa shape index (κ2) is 8.78. The molecule has 0 saturated carbocycles. The minimum absolute atomic E-state index is 0.288. The Labute approximate surface area is 176 Å². The van der Waals surface area contributed by atoms with E-state index in [-0.39, 0.29) is 5.70 Å². The molecule has 0 aromatic heterocycles. The van der Waals surface area contributed by atoms with Crippen LogP contribution >= 0.6 is 0 Å². The van der Waals surface area contributed by atoms with Gasteiger partial charge in [0.05, 0.1) is 0 Å². The van der Waals surface area contributed by atoms with Gasteiger partial charge in [-0.15, -0.1) is 0 Å². The van der Waals surface area contributed by atoms with Crippen LogP contribution in [0.3, 0.4) is 0 Å². The monoisotopic (exact) mass is 397 g/mol. The Kier molecular flexibility index (Phi) is 5.75. The highest BCUT2D eigenvalue weighted by atomic mass is 16.6. The van der Waals surface area contributed by atoms with Crippen molar-refractivity contribution >= 4 is 17.9 Å². The van der Waals surface area contributed by atoms with Crippen LogP contribution in [0.25, 0.3) is 6.08 Å². The van der Waals surface area contributed by atoms with Crippen molar-refractivity contribution in [1.29, 1.82) is 0 Å². The number of ether oxygens (including phenoxy) is 2. The zero-order valence-electron chi connectivity index (χ0n) is 17.0. The maximum absolute atomic E-state index is 12.2. The molecule has 0 fully saturated rings. The van der Waals surface area contributed by atoms with E-state index in [0.717, 1.165) is 22.4 Å². The fraction of sp³-hybridized carbons (Fsp3) is 0.154. The molecule has 0 bridgehead atoms. The molecule has 4 rings (SSSR count). The normalized spacial score (nSPS) is 14.7. The molecule has 1 aliphatic heterocycles. The number of hydrogen-bond donors (Lipinski definition) is 0. The molecule has 30 heavy (non-hydrogen) atoms. The average Bonchev–Trinajstić information content (AvgIpc) is 3.14. The van der Waals surface area contributed by atoms with Gasteiger partial charge >= 0.3 is 5.97 Å². The summed E-state index contributed by atoms with van der Waals surface area (Å²) in [6.45, 7) is 4.79. The summed E-state index contributed by atoms with van der Waals surface area (Å²) < 4.78 is 11.2. The van der Waals surface area contributed by atoms with Crippen molar-refractivity contribution in [1.82, 2.24) is 0 Å². The number of nitrogens with zero attached hydrogens (tertiary/aromatic N) is 1. The van der Waals surface area contributed by atoms with E-state index in [1.807, 2.05) is 78.9 Å². The largest absolute Gasteiger partial charge is 0.489 e. The summed E-state index contributed by atoms with van der Waals surface area (Å²) in [4.78, 5) is 16.6. The second-order valence-electron chi connectivity index (χ2n) is 7.46. The number of hydrogen-bond acceptors (Lipinski definition) is 4. The molecule has 0 atom stereocenters. The van der Waals surface area contributed by atoms with Gasteiger partial charge in [0.25, 0.3) is 0 Å². The molecule has 4 nitrogen and oxygen atoms in total. The van der Waals surface area contributed by atoms with Gasteiger partial charge in [-0.3, -0.25) is 0 Å². The summed E-state index contributed by atoms with van der Waals surface area (Å²) in [6, 6.07) is 25.5. The van der Waals surface area contributed by atoms with Crippen LogP contribution in [0, 0.1) is 0 Å². The molecule has 0 aliphatic carbocycles. The number of cyclic esters (lactones) is 1. The van der Waals surface area contributed by atoms with Crippen LogP contribution in [0.1, 0.15) is 42.0 Å². The molecule has 0 saturated heterocycles. The van der Waals surface area contributed by atoms with Gasteiger partial charge in [0.2, 0.25) is 5.90 Å². The molecule has 3 aromatic carbocycles. The molecule has 3 aromatic rings. The summed E-state index contributed by atoms with van der Waals surface area (Å²) in [5.74, 6) is 1.11. The van der Waals surface area contributed by atoms with E-state index in [9.17, 15) is 4.79 Å². The first-order valence-electron chi connectivity index (χ1n) is 9.98. The van der Waals surface area contributed by atoms with E-state index >= 15 is 0 Å². The Morgan fingerprint density at radius 1 is 0.933 bits per heavy atom. The van der Waals surface area contributed by atoms with E-state index in [2.05, 4.69) is 18.8 Å². The van der Waals surface area contributed by atoms with Crippen molar-refractivity contribution in [2.24, 2.45) is 4.99 Å². The fourth-order valence-corrected chi connectivity index (χ4v) is 3.10. The summed E-state index contributed by atoms with van der Waals surface area (Å²) in [5.41, 5.74) is 4.28. The Hall–Kier alpha value is -3.66. The van der Waals surface area contributed by atoms with Crippen LogP contribution in [0.2, 0.25) is 0 Å². The summed E-state index contributed by atoms with van der Waals surface area (Å²) >= 11 is 0. The topological polar surface area (TPSA) is 47.9 Å². The number of aliphatic imine (C=N–C) groups is 1. The van der Waals surface area contributed by atoms with Crippen molar-refractivity contribution in [3.63, 3.8) is 0 Å². The van der Waals surface area contributed by atoms with Crippen molar-refractivity contribution < 1.29 is 14.3 Å². The van der Waals surface area contributed by atoms with Gasteiger partial charge in [0.15, 0.2) is 5.70 Å². The quantitative estimate of drug-likeness (QED) is 0.394. The fourth-order valence-electron chi connectivity index (χ4n) is 3.10. The molecule has 150 valence electrons. The second-order valence-corrected chi connectivity index (χ2v) is 7.46. The predicted molar refractivity (Wildman–Crippen MR) is 118 cm³/mol. The van der Waals surface area contributed by atoms with Gasteiger partial charge in [0, 0.05) is 5.56 Å². The minimum Gasteiger partial charge on any atom is -0.489 e. The third kappa shape index (κ3) is 4.66. The number of carbonyl (C=O) groups is 1. The molecular formula is C26H23NO3. The Balaban J connectivity index is 1.45. The molecule has 0 amide bonds. The molecule has 0 N–H and O–H groups in total. The van der Waals surface area contributed by atoms with Gasteiger partial charge in [0.1, 0.15) is 12.4 Å². The molecule has 1 heterocycles. The predicted octanol–water partition coefficient (Wildman–Crippen LogP) is 5.73. The third-order valence-corrected chi connectivity index (χ3v) is 4.88. The number of benzene rings is 3. The molecule has 0 radical (unpaired) electrons. The van der Waals surface area contributed by atoms with Crippen molar-refractivity contribution in [3.8, 4) is 5.75 Å². The lowest BCUT2D eigenvalue weighted by molar-refractivity contribution is -0.129. The number of carbonyl (C=O) groups excluding carboxylic acids is 1. The van der Waals surface area contributed by atoms with E-state index < -0.39 is 5.97 Å². The Bertz CT molecular complexity index is 1080. The zero-order chi connectivity index (χ0) is 20.9. The summed E-state index contributed by atoms with van der Waals surface area (Å²) in [5, 5.41) is 0. The minimum atomic E-state index is -0.442. The highest BCUT2D eigenvalue weighted by Gasteiger charge is 2.24. The van der Waals surface area contributed by atoms with Crippen molar-refractivity contribution in [2.75, 3.05) is 0 Å². The Morgan fingerprint density at radius 2 is 1.63 bits per heavy atom. The lowest BCUT2D eigenvalue weighted by atomic mass is 10.0. The number of rotatable bonds is 6. The molecule has 4 heteroatoms. The average molecular weight is 397 g/mol. The van der Waals surface area contributed by atoms with E-state index in [4.69, 9.17) is 9.47 Å². The SMILES string of the molecule is CC(C)c1ccc(C2=N/C(=C\c3ccc(OCc4ccccc4)cc3)C(=O)O2)cc1. The highest BCUT2D eigenvalue weighted by Crippen LogP contribution is 2.22. The van der Waals surface area contributed by atoms with Crippen LogP contribution in [-0.4, -0.2) is 11.9 Å². The Morgan fingerprint density at radius 3 is 2.30 bits per heavy atom. The smallest absolute Gasteiger partial charge is 0.363 e. The summed E-state index contributed by atoms with van der Waals surface area (Å²) in [6.07, 6.45) is 1.72. The van der Waals surface area contributed by atoms with Gasteiger partial charge in [-0.2, -0.15) is 0 Å². The van der Waals surface area contributed by atoms with Crippen LogP contribution in [-0.2, 0) is 16.1 Å². The number of esters is 1. The van der Waals surface area contributed by atoms with Gasteiger partial charge in [-0.25, -0.2) is 9.79 Å². The molecule has 0 unspecified atom stereocenters. The van der Waals surface area contributed by atoms with E-state index in [0.29, 0.717) is 18.4 Å². The standard InChI is InChI=1S/C26H23NO3/c1-18(2)21-10-12-22(13-11-21)25-27-24(26(28)30-25)16-19-8-14-23(15-9-19)29-17-20-6-4-3-5-7-20/h3-16,18H,17H2,1-2H3/b24-16-. The molecule has 1 aliphatic rings. The van der Waals surface area contributed by atoms with Crippen molar-refractivity contribution in [3.05, 3.63) is 107 Å². The van der Waals surface area contributed by atoms with Crippen LogP contribution in [0.5, 0.6) is 5.75 Å². The first-order valence-corrected chi connectivity index (χ1v) is 9.98. The maximum Gasteiger partial charge on any atom is 0.363 e. The third-order valence-electron chi connectivity index (χ3n) is 4.88. The van der Waals surface area contributed by atoms with E-state index in [1.165, 1.54) is 5.56 Å². The van der Waals surface area contributed by atoms with Crippen molar-refractivity contribution in [2.45, 2.75) is 26.4 Å². The lowest BCUT2D eigenvalue weighted by Gasteiger charge is -2.06. The lowest BCUT2D eigenvalue weighted by Crippen LogP contribution is -2.05. The maximum atomic E-state index is 12.2. The first kappa shape index (κ1) is 19.6. The van der Waals surface area contributed by atoms with Crippen LogP contribution in [0.15, 0.2) is 89.6 Å². The van der Waals surface area contributed by atoms with Gasteiger partial charge in [-0.05, 0) is 52.9 Å². The van der Waals surface area contributed by atoms with Gasteiger partial charge < -0.3 is 9.47 Å². The highest BCUT2D eigenvalue weighted by molar-refractivity contribution is 6.12. The molecule has 0 spiro atoms. The molecular weight excluding hydrogens is 374 g/mol. The zero-order valence-corrected chi connectivity index (χ0v) is 17.0. The van der Waals surface area contributed by atoms with E-state index in [1.54, 1.807) is 6.08 Å². The van der Waals surface area contributed by atoms with Crippen LogP contribution in [0.4, 0.5) is 0 Å². The summed E-state index contributed by atoms with van der Waals surface area (Å²) in [7, 11) is 0.